The van der Waals surface area contributed by atoms with Crippen molar-refractivity contribution in [1.29, 1.82) is 0 Å². The van der Waals surface area contributed by atoms with E-state index in [0.29, 0.717) is 14.8 Å². The first-order valence-electron chi connectivity index (χ1n) is 5.84. The van der Waals surface area contributed by atoms with Crippen LogP contribution in [0, 0.1) is 0 Å². The molecule has 0 saturated heterocycles. The van der Waals surface area contributed by atoms with E-state index in [1.54, 1.807) is 31.2 Å². The minimum Gasteiger partial charge on any atom is -0.462 e. The van der Waals surface area contributed by atoms with Gasteiger partial charge in [-0.05, 0) is 43.7 Å². The van der Waals surface area contributed by atoms with Crippen LogP contribution < -0.4 is 0 Å². The molecule has 0 radical (unpaired) electrons. The van der Waals surface area contributed by atoms with Gasteiger partial charge in [-0.2, -0.15) is 0 Å². The minimum absolute atomic E-state index is 0.0779. The van der Waals surface area contributed by atoms with Crippen molar-refractivity contribution < 1.29 is 14.3 Å². The smallest absolute Gasteiger partial charge is 0.343 e. The second-order valence-corrected chi connectivity index (χ2v) is 5.96. The second-order valence-electron chi connectivity index (χ2n) is 3.63. The molecule has 0 amide bonds. The van der Waals surface area contributed by atoms with Gasteiger partial charge >= 0.3 is 5.97 Å². The molecular formula is C14H15ClO3S2. The van der Waals surface area contributed by atoms with Crippen molar-refractivity contribution in [2.24, 2.45) is 0 Å². The number of hydrogen-bond acceptors (Lipinski definition) is 5. The molecule has 0 atom stereocenters. The molecule has 0 heterocycles. The molecular weight excluding hydrogens is 316 g/mol. The van der Waals surface area contributed by atoms with E-state index in [4.69, 9.17) is 16.3 Å². The average Bonchev–Trinajstić information content (AvgIpc) is 2.44. The molecule has 0 aliphatic carbocycles. The highest BCUT2D eigenvalue weighted by atomic mass is 35.5. The summed E-state index contributed by atoms with van der Waals surface area (Å²) >= 11 is 8.51. The van der Waals surface area contributed by atoms with Crippen molar-refractivity contribution >= 4 is 46.9 Å². The Morgan fingerprint density at radius 3 is 2.15 bits per heavy atom. The molecule has 0 spiro atoms. The second kappa shape index (κ2) is 8.39. The first-order valence-corrected chi connectivity index (χ1v) is 8.67. The predicted molar refractivity (Wildman–Crippen MR) is 86.5 cm³/mol. The quantitative estimate of drug-likeness (QED) is 0.259. The van der Waals surface area contributed by atoms with E-state index >= 15 is 0 Å². The molecule has 20 heavy (non-hydrogen) atoms. The number of thioether (sulfide) groups is 2. The van der Waals surface area contributed by atoms with Crippen molar-refractivity contribution in [3.05, 3.63) is 44.7 Å². The number of esters is 1. The molecule has 0 aromatic heterocycles. The Hall–Kier alpha value is -0.910. The molecule has 0 unspecified atom stereocenters. The summed E-state index contributed by atoms with van der Waals surface area (Å²) in [5, 5.41) is 0.540. The lowest BCUT2D eigenvalue weighted by Gasteiger charge is -2.10. The van der Waals surface area contributed by atoms with Crippen LogP contribution in [0.4, 0.5) is 0 Å². The van der Waals surface area contributed by atoms with Crippen LogP contribution in [0.2, 0.25) is 5.02 Å². The Labute approximate surface area is 132 Å². The molecule has 6 heteroatoms. The molecule has 0 N–H and O–H groups in total. The highest BCUT2D eigenvalue weighted by Gasteiger charge is 2.25. The summed E-state index contributed by atoms with van der Waals surface area (Å²) in [5.74, 6) is -0.940. The van der Waals surface area contributed by atoms with Crippen LogP contribution >= 0.6 is 35.1 Å². The number of ether oxygens (including phenoxy) is 1. The zero-order valence-electron chi connectivity index (χ0n) is 11.4. The molecule has 0 aliphatic heterocycles. The maximum absolute atomic E-state index is 12.5. The zero-order valence-corrected chi connectivity index (χ0v) is 13.8. The topological polar surface area (TPSA) is 43.4 Å². The van der Waals surface area contributed by atoms with Crippen molar-refractivity contribution in [1.82, 2.24) is 0 Å². The van der Waals surface area contributed by atoms with E-state index in [-0.39, 0.29) is 18.0 Å². The van der Waals surface area contributed by atoms with E-state index in [0.717, 1.165) is 0 Å². The van der Waals surface area contributed by atoms with E-state index < -0.39 is 5.97 Å². The Balaban J connectivity index is 3.23. The fourth-order valence-electron chi connectivity index (χ4n) is 1.51. The van der Waals surface area contributed by atoms with E-state index in [1.807, 2.05) is 12.5 Å². The van der Waals surface area contributed by atoms with Crippen LogP contribution in [0.3, 0.4) is 0 Å². The molecule has 1 rings (SSSR count). The van der Waals surface area contributed by atoms with Crippen LogP contribution in [0.15, 0.2) is 34.1 Å². The number of benzene rings is 1. The first-order chi connectivity index (χ1) is 9.54. The molecule has 0 bridgehead atoms. The fourth-order valence-corrected chi connectivity index (χ4v) is 3.06. The molecule has 3 nitrogen and oxygen atoms in total. The van der Waals surface area contributed by atoms with Gasteiger partial charge in [0.2, 0.25) is 5.78 Å². The molecule has 0 aliphatic rings. The maximum Gasteiger partial charge on any atom is 0.343 e. The monoisotopic (exact) mass is 330 g/mol. The predicted octanol–water partition coefficient (Wildman–Crippen LogP) is 4.02. The van der Waals surface area contributed by atoms with Crippen LogP contribution in [-0.2, 0) is 9.53 Å². The molecule has 108 valence electrons. The number of rotatable bonds is 6. The lowest BCUT2D eigenvalue weighted by Crippen LogP contribution is -2.17. The van der Waals surface area contributed by atoms with Crippen molar-refractivity contribution in [3.63, 3.8) is 0 Å². The van der Waals surface area contributed by atoms with Gasteiger partial charge in [0.15, 0.2) is 0 Å². The summed E-state index contributed by atoms with van der Waals surface area (Å²) < 4.78 is 5.63. The summed E-state index contributed by atoms with van der Waals surface area (Å²) in [7, 11) is 0. The highest BCUT2D eigenvalue weighted by molar-refractivity contribution is 8.21. The van der Waals surface area contributed by atoms with E-state index in [1.165, 1.54) is 23.5 Å². The number of ketones is 1. The lowest BCUT2D eigenvalue weighted by atomic mass is 10.1. The highest BCUT2D eigenvalue weighted by Crippen LogP contribution is 2.30. The van der Waals surface area contributed by atoms with Crippen LogP contribution in [0.25, 0.3) is 0 Å². The van der Waals surface area contributed by atoms with Gasteiger partial charge in [0.05, 0.1) is 10.8 Å². The molecule has 0 fully saturated rings. The van der Waals surface area contributed by atoms with Gasteiger partial charge < -0.3 is 4.74 Å². The maximum atomic E-state index is 12.5. The Morgan fingerprint density at radius 1 is 1.15 bits per heavy atom. The number of hydrogen-bond donors (Lipinski definition) is 0. The zero-order chi connectivity index (χ0) is 15.1. The van der Waals surface area contributed by atoms with Gasteiger partial charge in [0.1, 0.15) is 5.57 Å². The first kappa shape index (κ1) is 17.1. The summed E-state index contributed by atoms with van der Waals surface area (Å²) in [6.45, 7) is 1.94. The van der Waals surface area contributed by atoms with E-state index in [9.17, 15) is 9.59 Å². The summed E-state index contributed by atoms with van der Waals surface area (Å²) in [6.07, 6.45) is 3.64. The third-order valence-corrected chi connectivity index (χ3v) is 4.79. The fraction of sp³-hybridized carbons (Fsp3) is 0.286. The largest absolute Gasteiger partial charge is 0.462 e. The number of Topliss-reactive ketones (excluding diaryl/α,β-unsaturated/α-hetero) is 1. The van der Waals surface area contributed by atoms with Gasteiger partial charge in [0, 0.05) is 10.6 Å². The normalized spacial score (nSPS) is 10.0. The van der Waals surface area contributed by atoms with Crippen LogP contribution in [0.1, 0.15) is 17.3 Å². The van der Waals surface area contributed by atoms with Gasteiger partial charge in [-0.15, -0.1) is 23.5 Å². The van der Waals surface area contributed by atoms with Gasteiger partial charge in [0.25, 0.3) is 0 Å². The minimum atomic E-state index is -0.592. The van der Waals surface area contributed by atoms with E-state index in [2.05, 4.69) is 0 Å². The summed E-state index contributed by atoms with van der Waals surface area (Å²) in [4.78, 5) is 24.5. The molecule has 1 aromatic rings. The Morgan fingerprint density at radius 2 is 1.70 bits per heavy atom. The van der Waals surface area contributed by atoms with Crippen molar-refractivity contribution in [2.75, 3.05) is 19.1 Å². The van der Waals surface area contributed by atoms with Crippen molar-refractivity contribution in [2.45, 2.75) is 6.92 Å². The molecule has 0 saturated carbocycles. The third kappa shape index (κ3) is 4.30. The van der Waals surface area contributed by atoms with Crippen molar-refractivity contribution in [3.8, 4) is 0 Å². The molecule has 1 aromatic carbocycles. The van der Waals surface area contributed by atoms with Gasteiger partial charge in [-0.3, -0.25) is 4.79 Å². The average molecular weight is 331 g/mol. The number of carbonyl (C=O) groups excluding carboxylic acids is 2. The number of halogens is 1. The summed E-state index contributed by atoms with van der Waals surface area (Å²) in [5.41, 5.74) is 0.493. The SMILES string of the molecule is CCOC(=O)C(C(=O)c1ccc(Cl)cc1)=C(SC)SC. The number of carbonyl (C=O) groups is 2. The summed E-state index contributed by atoms with van der Waals surface area (Å²) in [6, 6.07) is 6.44. The lowest BCUT2D eigenvalue weighted by molar-refractivity contribution is -0.138. The van der Waals surface area contributed by atoms with Crippen LogP contribution in [-0.4, -0.2) is 30.9 Å². The van der Waals surface area contributed by atoms with Gasteiger partial charge in [-0.25, -0.2) is 4.79 Å². The Bertz CT molecular complexity index is 518. The van der Waals surface area contributed by atoms with Crippen LogP contribution in [0.5, 0.6) is 0 Å². The standard InChI is InChI=1S/C14H15ClO3S2/c1-4-18-13(17)11(14(19-2)20-3)12(16)9-5-7-10(15)8-6-9/h5-8H,4H2,1-3H3. The third-order valence-electron chi connectivity index (χ3n) is 2.39. The Kier molecular flexibility index (Phi) is 7.19. The van der Waals surface area contributed by atoms with Gasteiger partial charge in [-0.1, -0.05) is 11.6 Å².